The average molecular weight is 571 g/mol. The quantitative estimate of drug-likeness (QED) is 0.386. The Morgan fingerprint density at radius 1 is 1.00 bits per heavy atom. The molecule has 0 bridgehead atoms. The zero-order valence-electron chi connectivity index (χ0n) is 19.2. The van der Waals surface area contributed by atoms with Crippen molar-refractivity contribution in [3.05, 3.63) is 71.8 Å². The van der Waals surface area contributed by atoms with Crippen molar-refractivity contribution in [3.63, 3.8) is 0 Å². The third-order valence-corrected chi connectivity index (χ3v) is 9.29. The largest absolute Gasteiger partial charge is 0.573 e. The van der Waals surface area contributed by atoms with Crippen LogP contribution in [0.1, 0.15) is 19.3 Å². The van der Waals surface area contributed by atoms with Crippen LogP contribution in [0.3, 0.4) is 0 Å². The van der Waals surface area contributed by atoms with Gasteiger partial charge in [-0.1, -0.05) is 41.6 Å². The SMILES string of the molecule is O=S(=O)(N[C@H]1CCC[C@@H](N2c3ccccc3Sc3cccc(Cl)c32)[C@@H]1O)c1ccc(OC(F)(F)F)cc1. The van der Waals surface area contributed by atoms with Gasteiger partial charge in [0.25, 0.3) is 0 Å². The van der Waals surface area contributed by atoms with Crippen molar-refractivity contribution < 1.29 is 31.4 Å². The molecular formula is C25H22ClF3N2O4S2. The Bertz CT molecular complexity index is 1400. The second-order valence-electron chi connectivity index (χ2n) is 8.76. The fraction of sp³-hybridized carbons (Fsp3) is 0.280. The summed E-state index contributed by atoms with van der Waals surface area (Å²) in [6, 6.07) is 16.0. The summed E-state index contributed by atoms with van der Waals surface area (Å²) in [6.07, 6.45) is -4.33. The smallest absolute Gasteiger partial charge is 0.406 e. The van der Waals surface area contributed by atoms with Crippen molar-refractivity contribution in [2.24, 2.45) is 0 Å². The third-order valence-electron chi connectivity index (χ3n) is 6.36. The molecule has 2 N–H and O–H groups in total. The number of aliphatic hydroxyl groups is 1. The monoisotopic (exact) mass is 570 g/mol. The summed E-state index contributed by atoms with van der Waals surface area (Å²) in [5.74, 6) is -0.526. The van der Waals surface area contributed by atoms with Gasteiger partial charge in [-0.2, -0.15) is 0 Å². The van der Waals surface area contributed by atoms with E-state index in [1.54, 1.807) is 17.8 Å². The molecule has 3 aromatic carbocycles. The van der Waals surface area contributed by atoms with Crippen molar-refractivity contribution in [1.29, 1.82) is 0 Å². The highest BCUT2D eigenvalue weighted by atomic mass is 35.5. The Morgan fingerprint density at radius 3 is 2.43 bits per heavy atom. The van der Waals surface area contributed by atoms with Gasteiger partial charge in [-0.15, -0.1) is 13.2 Å². The Balaban J connectivity index is 1.41. The van der Waals surface area contributed by atoms with E-state index in [2.05, 4.69) is 9.46 Å². The number of ether oxygens (including phenoxy) is 1. The van der Waals surface area contributed by atoms with Crippen LogP contribution < -0.4 is 14.4 Å². The molecule has 3 aromatic rings. The maximum absolute atomic E-state index is 13.1. The van der Waals surface area contributed by atoms with Crippen LogP contribution in [0.2, 0.25) is 5.02 Å². The number of hydrogen-bond donors (Lipinski definition) is 2. The predicted octanol–water partition coefficient (Wildman–Crippen LogP) is 6.10. The van der Waals surface area contributed by atoms with Crippen LogP contribution in [0.5, 0.6) is 5.75 Å². The standard InChI is InChI=1S/C25H22ClF3N2O4S2/c26-17-5-3-10-22-23(17)31(19-7-1-2-9-21(19)36-22)20-8-4-6-18(24(20)32)30-37(33,34)16-13-11-15(12-14-16)35-25(27,28)29/h1-3,5,7,9-14,18,20,24,30,32H,4,6,8H2/t18-,20+,24+/m0/s1. The molecule has 6 nitrogen and oxygen atoms in total. The van der Waals surface area contributed by atoms with Gasteiger partial charge in [0.1, 0.15) is 5.75 Å². The average Bonchev–Trinajstić information content (AvgIpc) is 2.84. The number of sulfonamides is 1. The molecule has 0 amide bonds. The molecule has 12 heteroatoms. The molecule has 0 spiro atoms. The summed E-state index contributed by atoms with van der Waals surface area (Å²) in [7, 11) is -4.13. The number of halogens is 4. The molecule has 1 aliphatic carbocycles. The van der Waals surface area contributed by atoms with Gasteiger partial charge in [-0.05, 0) is 67.8 Å². The van der Waals surface area contributed by atoms with E-state index in [1.165, 1.54) is 0 Å². The van der Waals surface area contributed by atoms with Crippen molar-refractivity contribution in [1.82, 2.24) is 4.72 Å². The third kappa shape index (κ3) is 5.42. The number of benzene rings is 3. The molecule has 1 aliphatic heterocycles. The lowest BCUT2D eigenvalue weighted by Gasteiger charge is -2.45. The van der Waals surface area contributed by atoms with E-state index in [9.17, 15) is 26.7 Å². The van der Waals surface area contributed by atoms with Gasteiger partial charge in [-0.25, -0.2) is 13.1 Å². The highest BCUT2D eigenvalue weighted by Gasteiger charge is 2.41. The normalized spacial score (nSPS) is 21.8. The number of fused-ring (bicyclic) bond motifs is 2. The summed E-state index contributed by atoms with van der Waals surface area (Å²) in [5, 5.41) is 12.0. The van der Waals surface area contributed by atoms with Crippen LogP contribution in [0.25, 0.3) is 0 Å². The number of aliphatic hydroxyl groups excluding tert-OH is 1. The number of para-hydroxylation sites is 2. The minimum atomic E-state index is -4.88. The van der Waals surface area contributed by atoms with Crippen LogP contribution in [0.15, 0.2) is 81.4 Å². The van der Waals surface area contributed by atoms with Gasteiger partial charge in [0.15, 0.2) is 0 Å². The molecule has 1 heterocycles. The van der Waals surface area contributed by atoms with E-state index in [0.29, 0.717) is 24.3 Å². The van der Waals surface area contributed by atoms with Gasteiger partial charge < -0.3 is 14.7 Å². The summed E-state index contributed by atoms with van der Waals surface area (Å²) in [6.45, 7) is 0. The van der Waals surface area contributed by atoms with Crippen molar-refractivity contribution in [2.75, 3.05) is 4.90 Å². The Kier molecular flexibility index (Phi) is 7.10. The fourth-order valence-corrected chi connectivity index (χ4v) is 7.51. The Labute approximate surface area is 221 Å². The summed E-state index contributed by atoms with van der Waals surface area (Å²) >= 11 is 8.20. The van der Waals surface area contributed by atoms with Gasteiger partial charge in [0, 0.05) is 9.79 Å². The van der Waals surface area contributed by atoms with Gasteiger partial charge >= 0.3 is 6.36 Å². The Morgan fingerprint density at radius 2 is 1.70 bits per heavy atom. The lowest BCUT2D eigenvalue weighted by molar-refractivity contribution is -0.274. The molecule has 0 unspecified atom stereocenters. The first-order chi connectivity index (χ1) is 17.5. The molecule has 0 saturated heterocycles. The molecule has 37 heavy (non-hydrogen) atoms. The number of nitrogens with zero attached hydrogens (tertiary/aromatic N) is 1. The highest BCUT2D eigenvalue weighted by Crippen LogP contribution is 2.52. The molecular weight excluding hydrogens is 549 g/mol. The van der Waals surface area contributed by atoms with Crippen LogP contribution in [-0.2, 0) is 10.0 Å². The molecule has 3 atom stereocenters. The number of hydrogen-bond acceptors (Lipinski definition) is 6. The van der Waals surface area contributed by atoms with Gasteiger partial charge in [0.2, 0.25) is 10.0 Å². The van der Waals surface area contributed by atoms with E-state index in [0.717, 1.165) is 45.4 Å². The van der Waals surface area contributed by atoms with Crippen molar-refractivity contribution in [3.8, 4) is 5.75 Å². The first kappa shape index (κ1) is 26.2. The molecule has 5 rings (SSSR count). The zero-order valence-corrected chi connectivity index (χ0v) is 21.5. The highest BCUT2D eigenvalue weighted by molar-refractivity contribution is 7.99. The maximum Gasteiger partial charge on any atom is 0.573 e. The minimum Gasteiger partial charge on any atom is -0.406 e. The van der Waals surface area contributed by atoms with Crippen LogP contribution in [0, 0.1) is 0 Å². The Hall–Kier alpha value is -2.44. The number of rotatable bonds is 5. The zero-order chi connectivity index (χ0) is 26.4. The molecule has 196 valence electrons. The van der Waals surface area contributed by atoms with Crippen LogP contribution in [-0.4, -0.2) is 38.1 Å². The van der Waals surface area contributed by atoms with Crippen molar-refractivity contribution in [2.45, 2.75) is 58.5 Å². The first-order valence-electron chi connectivity index (χ1n) is 11.4. The summed E-state index contributed by atoms with van der Waals surface area (Å²) in [5.41, 5.74) is 1.64. The number of nitrogens with one attached hydrogen (secondary N) is 1. The second-order valence-corrected chi connectivity index (χ2v) is 12.0. The molecule has 1 fully saturated rings. The maximum atomic E-state index is 13.1. The summed E-state index contributed by atoms with van der Waals surface area (Å²) in [4.78, 5) is 3.69. The van der Waals surface area contributed by atoms with Crippen LogP contribution >= 0.6 is 23.4 Å². The fourth-order valence-electron chi connectivity index (χ4n) is 4.79. The molecule has 0 radical (unpaired) electrons. The van der Waals surface area contributed by atoms with E-state index in [4.69, 9.17) is 11.6 Å². The second kappa shape index (κ2) is 10.0. The first-order valence-corrected chi connectivity index (χ1v) is 14.1. The molecule has 1 saturated carbocycles. The van der Waals surface area contributed by atoms with Crippen LogP contribution in [0.4, 0.5) is 24.5 Å². The van der Waals surface area contributed by atoms with E-state index in [1.807, 2.05) is 41.3 Å². The van der Waals surface area contributed by atoms with E-state index < -0.39 is 40.3 Å². The lowest BCUT2D eigenvalue weighted by atomic mass is 9.87. The van der Waals surface area contributed by atoms with E-state index >= 15 is 0 Å². The minimum absolute atomic E-state index is 0.232. The number of anilines is 2. The van der Waals surface area contributed by atoms with E-state index in [-0.39, 0.29) is 4.90 Å². The number of alkyl halides is 3. The summed E-state index contributed by atoms with van der Waals surface area (Å²) < 4.78 is 69.8. The topological polar surface area (TPSA) is 78.9 Å². The van der Waals surface area contributed by atoms with Gasteiger partial charge in [0.05, 0.1) is 39.5 Å². The molecule has 2 aliphatic rings. The lowest BCUT2D eigenvalue weighted by Crippen LogP contribution is -2.56. The predicted molar refractivity (Wildman–Crippen MR) is 135 cm³/mol. The molecule has 0 aromatic heterocycles. The van der Waals surface area contributed by atoms with Crippen molar-refractivity contribution >= 4 is 44.8 Å². The van der Waals surface area contributed by atoms with Gasteiger partial charge in [-0.3, -0.25) is 0 Å².